The fraction of sp³-hybridized carbons (Fsp3) is 0.167. The maximum absolute atomic E-state index is 13.2. The second kappa shape index (κ2) is 7.47. The van der Waals surface area contributed by atoms with Gasteiger partial charge in [0.1, 0.15) is 5.82 Å². The summed E-state index contributed by atoms with van der Waals surface area (Å²) >= 11 is 6.89. The molecule has 3 rings (SSSR count). The molecule has 0 aliphatic carbocycles. The Kier molecular flexibility index (Phi) is 5.29. The molecule has 1 amide bonds. The lowest BCUT2D eigenvalue weighted by Crippen LogP contribution is -2.25. The zero-order valence-electron chi connectivity index (χ0n) is 14.0. The molecule has 5 nitrogen and oxygen atoms in total. The molecule has 3 aromatic rings. The number of para-hydroxylation sites is 1. The van der Waals surface area contributed by atoms with E-state index in [4.69, 9.17) is 11.6 Å². The summed E-state index contributed by atoms with van der Waals surface area (Å²) in [5.74, 6) is -0.859. The highest BCUT2D eigenvalue weighted by atomic mass is 35.5. The lowest BCUT2D eigenvalue weighted by molar-refractivity contribution is -0.115. The third-order valence-electron chi connectivity index (χ3n) is 3.78. The van der Waals surface area contributed by atoms with Crippen molar-refractivity contribution in [2.45, 2.75) is 17.3 Å². The van der Waals surface area contributed by atoms with Gasteiger partial charge in [-0.1, -0.05) is 35.5 Å². The van der Waals surface area contributed by atoms with Crippen molar-refractivity contribution < 1.29 is 9.18 Å². The van der Waals surface area contributed by atoms with Gasteiger partial charge in [-0.15, -0.1) is 0 Å². The number of fused-ring (bicyclic) bond motifs is 1. The van der Waals surface area contributed by atoms with Crippen LogP contribution >= 0.6 is 23.4 Å². The topological polar surface area (TPSA) is 64.0 Å². The third kappa shape index (κ3) is 3.73. The summed E-state index contributed by atoms with van der Waals surface area (Å²) in [5.41, 5.74) is 0.807. The zero-order valence-corrected chi connectivity index (χ0v) is 15.6. The van der Waals surface area contributed by atoms with Gasteiger partial charge in [0.05, 0.1) is 21.2 Å². The van der Waals surface area contributed by atoms with Crippen LogP contribution in [-0.4, -0.2) is 20.7 Å². The van der Waals surface area contributed by atoms with Gasteiger partial charge >= 0.3 is 0 Å². The summed E-state index contributed by atoms with van der Waals surface area (Å²) in [6.07, 6.45) is 0. The van der Waals surface area contributed by atoms with Crippen molar-refractivity contribution >= 4 is 45.9 Å². The fourth-order valence-electron chi connectivity index (χ4n) is 2.33. The molecule has 8 heteroatoms. The quantitative estimate of drug-likeness (QED) is 0.542. The smallest absolute Gasteiger partial charge is 0.261 e. The molecule has 1 heterocycles. The minimum Gasteiger partial charge on any atom is -0.325 e. The van der Waals surface area contributed by atoms with Crippen molar-refractivity contribution in [2.24, 2.45) is 7.05 Å². The standard InChI is InChI=1S/C18H15ClFN3O2S/c1-10(16(24)21-11-7-8-14(20)13(19)9-11)26-18-22-15-6-4-3-5-12(15)17(25)23(18)2/h3-10H,1-2H3,(H,21,24). The minimum atomic E-state index is -0.553. The van der Waals surface area contributed by atoms with Gasteiger partial charge in [-0.25, -0.2) is 9.37 Å². The van der Waals surface area contributed by atoms with Gasteiger partial charge in [-0.05, 0) is 37.3 Å². The molecule has 0 spiro atoms. The third-order valence-corrected chi connectivity index (χ3v) is 5.21. The van der Waals surface area contributed by atoms with E-state index in [-0.39, 0.29) is 16.5 Å². The van der Waals surface area contributed by atoms with Crippen LogP contribution in [0.2, 0.25) is 5.02 Å². The Hall–Kier alpha value is -2.38. The summed E-state index contributed by atoms with van der Waals surface area (Å²) < 4.78 is 14.6. The van der Waals surface area contributed by atoms with E-state index in [1.165, 1.54) is 34.5 Å². The molecule has 1 atom stereocenters. The molecule has 2 aromatic carbocycles. The predicted octanol–water partition coefficient (Wildman–Crippen LogP) is 3.85. The number of rotatable bonds is 4. The first kappa shape index (κ1) is 18.4. The Morgan fingerprint density at radius 3 is 2.77 bits per heavy atom. The van der Waals surface area contributed by atoms with Gasteiger partial charge < -0.3 is 5.32 Å². The van der Waals surface area contributed by atoms with Crippen LogP contribution < -0.4 is 10.9 Å². The molecule has 0 saturated heterocycles. The average molecular weight is 392 g/mol. The largest absolute Gasteiger partial charge is 0.325 e. The van der Waals surface area contributed by atoms with E-state index in [0.717, 1.165) is 0 Å². The van der Waals surface area contributed by atoms with Crippen molar-refractivity contribution in [3.8, 4) is 0 Å². The lowest BCUT2D eigenvalue weighted by atomic mass is 10.2. The second-order valence-electron chi connectivity index (χ2n) is 5.65. The first-order valence-electron chi connectivity index (χ1n) is 7.75. The number of aromatic nitrogens is 2. The number of hydrogen-bond donors (Lipinski definition) is 1. The molecule has 0 aliphatic rings. The van der Waals surface area contributed by atoms with E-state index in [9.17, 15) is 14.0 Å². The van der Waals surface area contributed by atoms with E-state index in [2.05, 4.69) is 10.3 Å². The molecule has 1 N–H and O–H groups in total. The van der Waals surface area contributed by atoms with Crippen LogP contribution in [0.4, 0.5) is 10.1 Å². The van der Waals surface area contributed by atoms with E-state index in [1.807, 2.05) is 0 Å². The van der Waals surface area contributed by atoms with Crippen molar-refractivity contribution in [2.75, 3.05) is 5.32 Å². The number of halogens is 2. The van der Waals surface area contributed by atoms with Gasteiger partial charge in [0, 0.05) is 12.7 Å². The van der Waals surface area contributed by atoms with Crippen molar-refractivity contribution in [3.05, 3.63) is 63.7 Å². The van der Waals surface area contributed by atoms with Gasteiger partial charge in [-0.2, -0.15) is 0 Å². The Morgan fingerprint density at radius 2 is 2.04 bits per heavy atom. The van der Waals surface area contributed by atoms with Crippen molar-refractivity contribution in [1.29, 1.82) is 0 Å². The van der Waals surface area contributed by atoms with Crippen LogP contribution in [0.15, 0.2) is 52.4 Å². The van der Waals surface area contributed by atoms with Crippen molar-refractivity contribution in [3.63, 3.8) is 0 Å². The number of thioether (sulfide) groups is 1. The summed E-state index contributed by atoms with van der Waals surface area (Å²) in [7, 11) is 1.62. The molecule has 1 unspecified atom stereocenters. The maximum atomic E-state index is 13.2. The first-order valence-corrected chi connectivity index (χ1v) is 9.01. The average Bonchev–Trinajstić information content (AvgIpc) is 2.62. The number of hydrogen-bond acceptors (Lipinski definition) is 4. The monoisotopic (exact) mass is 391 g/mol. The Balaban J connectivity index is 1.81. The molecule has 0 saturated carbocycles. The SMILES string of the molecule is CC(Sc1nc2ccccc2c(=O)n1C)C(=O)Nc1ccc(F)c(Cl)c1. The van der Waals surface area contributed by atoms with Crippen LogP contribution in [0.1, 0.15) is 6.92 Å². The fourth-order valence-corrected chi connectivity index (χ4v) is 3.39. The second-order valence-corrected chi connectivity index (χ2v) is 7.37. The number of benzene rings is 2. The normalized spacial score (nSPS) is 12.2. The molecular formula is C18H15ClFN3O2S. The van der Waals surface area contributed by atoms with E-state index in [1.54, 1.807) is 38.2 Å². The number of carbonyl (C=O) groups excluding carboxylic acids is 1. The molecule has 0 radical (unpaired) electrons. The minimum absolute atomic E-state index is 0.0679. The van der Waals surface area contributed by atoms with Crippen LogP contribution in [0, 0.1) is 5.82 Å². The number of carbonyl (C=O) groups is 1. The van der Waals surface area contributed by atoms with E-state index in [0.29, 0.717) is 21.7 Å². The number of nitrogens with one attached hydrogen (secondary N) is 1. The van der Waals surface area contributed by atoms with Gasteiger partial charge in [-0.3, -0.25) is 14.2 Å². The number of amides is 1. The highest BCUT2D eigenvalue weighted by molar-refractivity contribution is 8.00. The van der Waals surface area contributed by atoms with Crippen LogP contribution in [0.5, 0.6) is 0 Å². The maximum Gasteiger partial charge on any atom is 0.261 e. The molecule has 0 aliphatic heterocycles. The van der Waals surface area contributed by atoms with Crippen LogP contribution in [0.25, 0.3) is 10.9 Å². The van der Waals surface area contributed by atoms with Crippen LogP contribution in [-0.2, 0) is 11.8 Å². The summed E-state index contributed by atoms with van der Waals surface area (Å²) in [4.78, 5) is 29.3. The summed E-state index contributed by atoms with van der Waals surface area (Å²) in [6, 6.07) is 11.0. The molecular weight excluding hydrogens is 377 g/mol. The molecule has 1 aromatic heterocycles. The highest BCUT2D eigenvalue weighted by Crippen LogP contribution is 2.24. The van der Waals surface area contributed by atoms with Gasteiger partial charge in [0.15, 0.2) is 5.16 Å². The van der Waals surface area contributed by atoms with E-state index < -0.39 is 11.1 Å². The molecule has 134 valence electrons. The Labute approximate surface area is 158 Å². The van der Waals surface area contributed by atoms with Crippen LogP contribution in [0.3, 0.4) is 0 Å². The molecule has 0 bridgehead atoms. The number of nitrogens with zero attached hydrogens (tertiary/aromatic N) is 2. The summed E-state index contributed by atoms with van der Waals surface area (Å²) in [6.45, 7) is 1.70. The Morgan fingerprint density at radius 1 is 1.31 bits per heavy atom. The zero-order chi connectivity index (χ0) is 18.8. The predicted molar refractivity (Wildman–Crippen MR) is 102 cm³/mol. The van der Waals surface area contributed by atoms with E-state index >= 15 is 0 Å². The molecule has 0 fully saturated rings. The van der Waals surface area contributed by atoms with Crippen molar-refractivity contribution in [1.82, 2.24) is 9.55 Å². The van der Waals surface area contributed by atoms with Gasteiger partial charge in [0.2, 0.25) is 5.91 Å². The Bertz CT molecular complexity index is 1050. The molecule has 26 heavy (non-hydrogen) atoms. The lowest BCUT2D eigenvalue weighted by Gasteiger charge is -2.14. The summed E-state index contributed by atoms with van der Waals surface area (Å²) in [5, 5.41) is 3.04. The number of anilines is 1. The first-order chi connectivity index (χ1) is 12.4. The highest BCUT2D eigenvalue weighted by Gasteiger charge is 2.18. The van der Waals surface area contributed by atoms with Gasteiger partial charge in [0.25, 0.3) is 5.56 Å².